The number of carbonyl (C=O) groups excluding carboxylic acids is 2. The Morgan fingerprint density at radius 1 is 0.903 bits per heavy atom. The Morgan fingerprint density at radius 2 is 1.65 bits per heavy atom. The van der Waals surface area contributed by atoms with E-state index in [1.807, 2.05) is 64.5 Å². The van der Waals surface area contributed by atoms with Gasteiger partial charge in [-0.05, 0) is 42.7 Å². The van der Waals surface area contributed by atoms with Crippen LogP contribution in [0.3, 0.4) is 0 Å². The molecule has 1 aromatic heterocycles. The molecule has 6 nitrogen and oxygen atoms in total. The predicted molar refractivity (Wildman–Crippen MR) is 119 cm³/mol. The first kappa shape index (κ1) is 19.7. The van der Waals surface area contributed by atoms with Crippen molar-refractivity contribution in [1.29, 1.82) is 0 Å². The van der Waals surface area contributed by atoms with E-state index < -0.39 is 0 Å². The smallest absolute Gasteiger partial charge is 0.253 e. The molecule has 5 rings (SSSR count). The molecule has 0 radical (unpaired) electrons. The number of amides is 2. The number of hydrogen-bond acceptors (Lipinski definition) is 4. The molecule has 2 aliphatic heterocycles. The SMILES string of the molecule is O=C(c1ccc(-c2cnc3ccccc3c2)cc1)N1CCN(C(=O)[C@@H]2CCCO2)CC1. The van der Waals surface area contributed by atoms with E-state index in [-0.39, 0.29) is 17.9 Å². The molecule has 0 aliphatic carbocycles. The Balaban J connectivity index is 1.23. The molecule has 2 aliphatic rings. The van der Waals surface area contributed by atoms with Crippen LogP contribution >= 0.6 is 0 Å². The van der Waals surface area contributed by atoms with Gasteiger partial charge in [-0.25, -0.2) is 0 Å². The molecule has 3 aromatic rings. The Kier molecular flexibility index (Phi) is 5.38. The normalized spacial score (nSPS) is 19.0. The summed E-state index contributed by atoms with van der Waals surface area (Å²) in [5.74, 6) is 0.0744. The molecule has 1 atom stereocenters. The van der Waals surface area contributed by atoms with Crippen LogP contribution < -0.4 is 0 Å². The molecule has 2 fully saturated rings. The highest BCUT2D eigenvalue weighted by Crippen LogP contribution is 2.24. The minimum absolute atomic E-state index is 0.00685. The zero-order valence-electron chi connectivity index (χ0n) is 17.4. The number of nitrogens with zero attached hydrogens (tertiary/aromatic N) is 3. The lowest BCUT2D eigenvalue weighted by molar-refractivity contribution is -0.142. The summed E-state index contributed by atoms with van der Waals surface area (Å²) in [7, 11) is 0. The number of carbonyl (C=O) groups is 2. The van der Waals surface area contributed by atoms with Crippen molar-refractivity contribution in [2.45, 2.75) is 18.9 Å². The first-order valence-corrected chi connectivity index (χ1v) is 10.8. The lowest BCUT2D eigenvalue weighted by Crippen LogP contribution is -2.52. The molecule has 0 saturated carbocycles. The Labute approximate surface area is 181 Å². The van der Waals surface area contributed by atoms with Crippen molar-refractivity contribution in [1.82, 2.24) is 14.8 Å². The second-order valence-corrected chi connectivity index (χ2v) is 8.11. The van der Waals surface area contributed by atoms with Crippen molar-refractivity contribution < 1.29 is 14.3 Å². The van der Waals surface area contributed by atoms with Crippen LogP contribution in [0.25, 0.3) is 22.0 Å². The molecular formula is C25H25N3O3. The largest absolute Gasteiger partial charge is 0.368 e. The van der Waals surface area contributed by atoms with Gasteiger partial charge in [0.1, 0.15) is 6.10 Å². The molecule has 0 N–H and O–H groups in total. The van der Waals surface area contributed by atoms with E-state index in [1.54, 1.807) is 0 Å². The minimum atomic E-state index is -0.292. The lowest BCUT2D eigenvalue weighted by atomic mass is 10.0. The van der Waals surface area contributed by atoms with E-state index in [2.05, 4.69) is 11.1 Å². The van der Waals surface area contributed by atoms with Crippen LogP contribution in [0.15, 0.2) is 60.8 Å². The molecule has 0 spiro atoms. The summed E-state index contributed by atoms with van der Waals surface area (Å²) in [4.78, 5) is 33.6. The van der Waals surface area contributed by atoms with Crippen LogP contribution in [0.4, 0.5) is 0 Å². The maximum atomic E-state index is 12.9. The number of rotatable bonds is 3. The number of aromatic nitrogens is 1. The molecular weight excluding hydrogens is 390 g/mol. The highest BCUT2D eigenvalue weighted by atomic mass is 16.5. The number of piperazine rings is 1. The third-order valence-corrected chi connectivity index (χ3v) is 6.14. The van der Waals surface area contributed by atoms with Crippen LogP contribution in [0.1, 0.15) is 23.2 Å². The van der Waals surface area contributed by atoms with Gasteiger partial charge in [-0.1, -0.05) is 30.3 Å². The number of hydrogen-bond donors (Lipinski definition) is 0. The topological polar surface area (TPSA) is 62.7 Å². The molecule has 2 saturated heterocycles. The van der Waals surface area contributed by atoms with Gasteiger partial charge in [0.25, 0.3) is 11.8 Å². The summed E-state index contributed by atoms with van der Waals surface area (Å²) >= 11 is 0. The van der Waals surface area contributed by atoms with Crippen molar-refractivity contribution in [2.24, 2.45) is 0 Å². The highest BCUT2D eigenvalue weighted by Gasteiger charge is 2.31. The number of pyridine rings is 1. The first-order chi connectivity index (χ1) is 15.2. The van der Waals surface area contributed by atoms with Crippen molar-refractivity contribution in [3.8, 4) is 11.1 Å². The fourth-order valence-electron chi connectivity index (χ4n) is 4.32. The predicted octanol–water partition coefficient (Wildman–Crippen LogP) is 3.37. The zero-order valence-corrected chi connectivity index (χ0v) is 17.4. The van der Waals surface area contributed by atoms with Crippen molar-refractivity contribution in [3.05, 3.63) is 66.4 Å². The van der Waals surface area contributed by atoms with Gasteiger partial charge in [-0.3, -0.25) is 14.6 Å². The van der Waals surface area contributed by atoms with Gasteiger partial charge in [-0.2, -0.15) is 0 Å². The van der Waals surface area contributed by atoms with Gasteiger partial charge in [-0.15, -0.1) is 0 Å². The fraction of sp³-hybridized carbons (Fsp3) is 0.320. The Hall–Kier alpha value is -3.25. The van der Waals surface area contributed by atoms with E-state index in [1.165, 1.54) is 0 Å². The van der Waals surface area contributed by atoms with Crippen LogP contribution in [-0.4, -0.2) is 65.5 Å². The van der Waals surface area contributed by atoms with Gasteiger partial charge in [0, 0.05) is 55.5 Å². The maximum absolute atomic E-state index is 12.9. The zero-order chi connectivity index (χ0) is 21.2. The summed E-state index contributed by atoms with van der Waals surface area (Å²) in [6.45, 7) is 2.89. The van der Waals surface area contributed by atoms with Gasteiger partial charge in [0.2, 0.25) is 0 Å². The molecule has 158 valence electrons. The third kappa shape index (κ3) is 4.03. The van der Waals surface area contributed by atoms with Gasteiger partial charge >= 0.3 is 0 Å². The standard InChI is InChI=1S/C25H25N3O3/c29-24(27-11-13-28(14-12-27)25(30)23-6-3-15-31-23)19-9-7-18(8-10-19)21-16-20-4-1-2-5-22(20)26-17-21/h1-2,4-5,7-10,16-17,23H,3,6,11-15H2/t23-/m0/s1. The minimum Gasteiger partial charge on any atom is -0.368 e. The third-order valence-electron chi connectivity index (χ3n) is 6.14. The number of fused-ring (bicyclic) bond motifs is 1. The van der Waals surface area contributed by atoms with Gasteiger partial charge < -0.3 is 14.5 Å². The average molecular weight is 415 g/mol. The Morgan fingerprint density at radius 3 is 2.39 bits per heavy atom. The van der Waals surface area contributed by atoms with Crippen LogP contribution in [-0.2, 0) is 9.53 Å². The number of benzene rings is 2. The van der Waals surface area contributed by atoms with Crippen molar-refractivity contribution in [2.75, 3.05) is 32.8 Å². The van der Waals surface area contributed by atoms with Crippen molar-refractivity contribution in [3.63, 3.8) is 0 Å². The second-order valence-electron chi connectivity index (χ2n) is 8.11. The quantitative estimate of drug-likeness (QED) is 0.658. The monoisotopic (exact) mass is 415 g/mol. The van der Waals surface area contributed by atoms with E-state index >= 15 is 0 Å². The van der Waals surface area contributed by atoms with Crippen LogP contribution in [0, 0.1) is 0 Å². The van der Waals surface area contributed by atoms with E-state index in [4.69, 9.17) is 4.74 Å². The summed E-state index contributed by atoms with van der Waals surface area (Å²) < 4.78 is 5.51. The molecule has 0 bridgehead atoms. The maximum Gasteiger partial charge on any atom is 0.253 e. The van der Waals surface area contributed by atoms with Crippen LogP contribution in [0.5, 0.6) is 0 Å². The summed E-state index contributed by atoms with van der Waals surface area (Å²) in [6.07, 6.45) is 3.32. The van der Waals surface area contributed by atoms with E-state index in [0.717, 1.165) is 34.9 Å². The molecule has 0 unspecified atom stereocenters. The number of ether oxygens (including phenoxy) is 1. The molecule has 3 heterocycles. The van der Waals surface area contributed by atoms with Gasteiger partial charge in [0.15, 0.2) is 0 Å². The second kappa shape index (κ2) is 8.47. The highest BCUT2D eigenvalue weighted by molar-refractivity contribution is 5.95. The summed E-state index contributed by atoms with van der Waals surface area (Å²) in [5, 5.41) is 1.09. The average Bonchev–Trinajstić information content (AvgIpc) is 3.38. The van der Waals surface area contributed by atoms with Crippen molar-refractivity contribution >= 4 is 22.7 Å². The first-order valence-electron chi connectivity index (χ1n) is 10.8. The summed E-state index contributed by atoms with van der Waals surface area (Å²) in [5.41, 5.74) is 3.69. The fourth-order valence-corrected chi connectivity index (χ4v) is 4.32. The van der Waals surface area contributed by atoms with Crippen LogP contribution in [0.2, 0.25) is 0 Å². The molecule has 6 heteroatoms. The number of para-hydroxylation sites is 1. The van der Waals surface area contributed by atoms with Gasteiger partial charge in [0.05, 0.1) is 5.52 Å². The molecule has 31 heavy (non-hydrogen) atoms. The molecule has 2 aromatic carbocycles. The van der Waals surface area contributed by atoms with E-state index in [9.17, 15) is 9.59 Å². The van der Waals surface area contributed by atoms with E-state index in [0.29, 0.717) is 38.3 Å². The summed E-state index contributed by atoms with van der Waals surface area (Å²) in [6, 6.07) is 17.8. The Bertz CT molecular complexity index is 1100. The lowest BCUT2D eigenvalue weighted by Gasteiger charge is -2.35. The molecule has 2 amide bonds.